The van der Waals surface area contributed by atoms with E-state index < -0.39 is 0 Å². The summed E-state index contributed by atoms with van der Waals surface area (Å²) in [6.45, 7) is 4.09. The van der Waals surface area contributed by atoms with E-state index in [-0.39, 0.29) is 5.91 Å². The van der Waals surface area contributed by atoms with Crippen molar-refractivity contribution in [1.29, 1.82) is 0 Å². The maximum Gasteiger partial charge on any atom is 0.256 e. The molecule has 1 aromatic heterocycles. The van der Waals surface area contributed by atoms with E-state index in [4.69, 9.17) is 0 Å². The van der Waals surface area contributed by atoms with Crippen LogP contribution in [0.3, 0.4) is 0 Å². The van der Waals surface area contributed by atoms with Crippen LogP contribution in [0.5, 0.6) is 0 Å². The van der Waals surface area contributed by atoms with Crippen LogP contribution in [-0.4, -0.2) is 34.7 Å². The van der Waals surface area contributed by atoms with Crippen molar-refractivity contribution in [3.05, 3.63) is 47.3 Å². The molecule has 0 bridgehead atoms. The molecule has 0 atom stereocenters. The summed E-state index contributed by atoms with van der Waals surface area (Å²) in [6.07, 6.45) is 2.42. The van der Waals surface area contributed by atoms with Gasteiger partial charge in [0.25, 0.3) is 5.91 Å². The number of benzene rings is 1. The first-order valence-electron chi connectivity index (χ1n) is 6.40. The normalized spacial score (nSPS) is 10.5. The third-order valence-corrected chi connectivity index (χ3v) is 3.12. The fraction of sp³-hybridized carbons (Fsp3) is 0.333. The van der Waals surface area contributed by atoms with Crippen LogP contribution in [0, 0.1) is 6.92 Å². The van der Waals surface area contributed by atoms with Crippen molar-refractivity contribution in [2.75, 3.05) is 14.1 Å². The number of hydrogen-bond acceptors (Lipinski definition) is 2. The molecule has 1 heterocycles. The Bertz CT molecular complexity index is 582. The van der Waals surface area contributed by atoms with E-state index in [2.05, 4.69) is 12.0 Å². The molecule has 2 rings (SSSR count). The summed E-state index contributed by atoms with van der Waals surface area (Å²) in [5.74, 6) is -0.00443. The largest absolute Gasteiger partial charge is 0.345 e. The highest BCUT2D eigenvalue weighted by atomic mass is 16.2. The molecule has 0 fully saturated rings. The Morgan fingerprint density at radius 1 is 1.26 bits per heavy atom. The number of aryl methyl sites for hydroxylation is 1. The molecule has 0 saturated heterocycles. The third kappa shape index (κ3) is 2.52. The van der Waals surface area contributed by atoms with Gasteiger partial charge in [0, 0.05) is 14.1 Å². The van der Waals surface area contributed by atoms with Gasteiger partial charge in [-0.25, -0.2) is 4.68 Å². The highest BCUT2D eigenvalue weighted by Crippen LogP contribution is 2.17. The van der Waals surface area contributed by atoms with Crippen molar-refractivity contribution < 1.29 is 4.79 Å². The van der Waals surface area contributed by atoms with Gasteiger partial charge in [0.05, 0.1) is 23.1 Å². The van der Waals surface area contributed by atoms with E-state index in [1.54, 1.807) is 25.2 Å². The summed E-state index contributed by atoms with van der Waals surface area (Å²) in [4.78, 5) is 13.7. The fourth-order valence-corrected chi connectivity index (χ4v) is 2.04. The first-order valence-corrected chi connectivity index (χ1v) is 6.40. The summed E-state index contributed by atoms with van der Waals surface area (Å²) >= 11 is 0. The average Bonchev–Trinajstić information content (AvgIpc) is 2.82. The zero-order valence-corrected chi connectivity index (χ0v) is 11.8. The minimum Gasteiger partial charge on any atom is -0.345 e. The van der Waals surface area contributed by atoms with Crippen molar-refractivity contribution in [2.45, 2.75) is 20.3 Å². The SMILES string of the molecule is CCc1c(C(=O)N(C)C)cnn1-c1ccc(C)cc1. The predicted molar refractivity (Wildman–Crippen MR) is 75.7 cm³/mol. The van der Waals surface area contributed by atoms with Crippen molar-refractivity contribution in [1.82, 2.24) is 14.7 Å². The predicted octanol–water partition coefficient (Wildman–Crippen LogP) is 2.44. The van der Waals surface area contributed by atoms with Gasteiger partial charge in [-0.2, -0.15) is 5.10 Å². The molecule has 0 unspecified atom stereocenters. The number of carbonyl (C=O) groups is 1. The van der Waals surface area contributed by atoms with Crippen LogP contribution in [-0.2, 0) is 6.42 Å². The molecule has 0 N–H and O–H groups in total. The second-order valence-electron chi connectivity index (χ2n) is 4.81. The van der Waals surface area contributed by atoms with E-state index in [1.807, 2.05) is 35.9 Å². The summed E-state index contributed by atoms with van der Waals surface area (Å²) < 4.78 is 1.84. The molecule has 100 valence electrons. The van der Waals surface area contributed by atoms with Gasteiger partial charge in [-0.15, -0.1) is 0 Å². The van der Waals surface area contributed by atoms with E-state index in [1.165, 1.54) is 5.56 Å². The maximum absolute atomic E-state index is 12.1. The molecule has 4 nitrogen and oxygen atoms in total. The van der Waals surface area contributed by atoms with Gasteiger partial charge < -0.3 is 4.90 Å². The van der Waals surface area contributed by atoms with Gasteiger partial charge in [-0.05, 0) is 25.5 Å². The third-order valence-electron chi connectivity index (χ3n) is 3.12. The fourth-order valence-electron chi connectivity index (χ4n) is 2.04. The van der Waals surface area contributed by atoms with Gasteiger partial charge in [0.15, 0.2) is 0 Å². The second kappa shape index (κ2) is 5.26. The summed E-state index contributed by atoms with van der Waals surface area (Å²) in [6, 6.07) is 8.13. The quantitative estimate of drug-likeness (QED) is 0.847. The van der Waals surface area contributed by atoms with Crippen LogP contribution in [0.25, 0.3) is 5.69 Å². The number of rotatable bonds is 3. The zero-order chi connectivity index (χ0) is 14.0. The van der Waals surface area contributed by atoms with Gasteiger partial charge >= 0.3 is 0 Å². The Morgan fingerprint density at radius 2 is 1.89 bits per heavy atom. The lowest BCUT2D eigenvalue weighted by Crippen LogP contribution is -2.22. The zero-order valence-electron chi connectivity index (χ0n) is 11.8. The lowest BCUT2D eigenvalue weighted by atomic mass is 10.1. The molecular weight excluding hydrogens is 238 g/mol. The Morgan fingerprint density at radius 3 is 2.42 bits per heavy atom. The molecule has 0 aliphatic carbocycles. The Kier molecular flexibility index (Phi) is 3.69. The summed E-state index contributed by atoms with van der Waals surface area (Å²) in [5, 5.41) is 4.36. The minimum atomic E-state index is -0.00443. The van der Waals surface area contributed by atoms with Crippen molar-refractivity contribution >= 4 is 5.91 Å². The van der Waals surface area contributed by atoms with Crippen LogP contribution < -0.4 is 0 Å². The molecule has 19 heavy (non-hydrogen) atoms. The standard InChI is InChI=1S/C15H19N3O/c1-5-14-13(15(19)17(3)4)10-16-18(14)12-8-6-11(2)7-9-12/h6-10H,5H2,1-4H3. The van der Waals surface area contributed by atoms with Crippen LogP contribution in [0.2, 0.25) is 0 Å². The highest BCUT2D eigenvalue weighted by Gasteiger charge is 2.18. The van der Waals surface area contributed by atoms with Gasteiger partial charge in [0.2, 0.25) is 0 Å². The molecule has 0 aliphatic heterocycles. The van der Waals surface area contributed by atoms with Crippen LogP contribution in [0.15, 0.2) is 30.5 Å². The molecule has 1 amide bonds. The lowest BCUT2D eigenvalue weighted by molar-refractivity contribution is 0.0826. The number of nitrogens with zero attached hydrogens (tertiary/aromatic N) is 3. The van der Waals surface area contributed by atoms with Gasteiger partial charge in [0.1, 0.15) is 0 Å². The molecule has 0 radical (unpaired) electrons. The second-order valence-corrected chi connectivity index (χ2v) is 4.81. The lowest BCUT2D eigenvalue weighted by Gasteiger charge is -2.11. The number of carbonyl (C=O) groups excluding carboxylic acids is 1. The van der Waals surface area contributed by atoms with E-state index in [0.717, 1.165) is 17.8 Å². The number of amides is 1. The Labute approximate surface area is 113 Å². The summed E-state index contributed by atoms with van der Waals surface area (Å²) in [7, 11) is 3.51. The Hall–Kier alpha value is -2.10. The van der Waals surface area contributed by atoms with Crippen molar-refractivity contribution in [3.8, 4) is 5.69 Å². The van der Waals surface area contributed by atoms with Crippen LogP contribution in [0.4, 0.5) is 0 Å². The first kappa shape index (κ1) is 13.3. The summed E-state index contributed by atoms with van der Waals surface area (Å²) in [5.41, 5.74) is 3.81. The molecule has 0 spiro atoms. The van der Waals surface area contributed by atoms with E-state index in [9.17, 15) is 4.79 Å². The van der Waals surface area contributed by atoms with E-state index >= 15 is 0 Å². The van der Waals surface area contributed by atoms with Gasteiger partial charge in [-0.1, -0.05) is 24.6 Å². The minimum absolute atomic E-state index is 0.00443. The number of hydrogen-bond donors (Lipinski definition) is 0. The topological polar surface area (TPSA) is 38.1 Å². The number of aromatic nitrogens is 2. The molecule has 0 aliphatic rings. The van der Waals surface area contributed by atoms with Crippen molar-refractivity contribution in [3.63, 3.8) is 0 Å². The average molecular weight is 257 g/mol. The molecular formula is C15H19N3O. The smallest absolute Gasteiger partial charge is 0.256 e. The maximum atomic E-state index is 12.1. The highest BCUT2D eigenvalue weighted by molar-refractivity contribution is 5.94. The molecule has 2 aromatic rings. The van der Waals surface area contributed by atoms with Crippen molar-refractivity contribution in [2.24, 2.45) is 0 Å². The monoisotopic (exact) mass is 257 g/mol. The molecule has 1 aromatic carbocycles. The van der Waals surface area contributed by atoms with Crippen LogP contribution >= 0.6 is 0 Å². The van der Waals surface area contributed by atoms with Crippen LogP contribution in [0.1, 0.15) is 28.5 Å². The molecule has 4 heteroatoms. The van der Waals surface area contributed by atoms with E-state index in [0.29, 0.717) is 5.56 Å². The Balaban J connectivity index is 2.48. The molecule has 0 saturated carbocycles. The first-order chi connectivity index (χ1) is 9.04. The van der Waals surface area contributed by atoms with Gasteiger partial charge in [-0.3, -0.25) is 4.79 Å².